The highest BCUT2D eigenvalue weighted by molar-refractivity contribution is 5.41. The van der Waals surface area contributed by atoms with Crippen molar-refractivity contribution in [2.24, 2.45) is 0 Å². The molecule has 3 rings (SSSR count). The standard InChI is InChI=1S/C13H17NO/c1-10-4-2-5-12-11(10)8-15-13(12)6-3-7-14-9-13/h2,4-5,14H,3,6-9H2,1H3. The summed E-state index contributed by atoms with van der Waals surface area (Å²) in [4.78, 5) is 0. The first kappa shape index (κ1) is 9.37. The van der Waals surface area contributed by atoms with Gasteiger partial charge < -0.3 is 10.1 Å². The third-order valence-electron chi connectivity index (χ3n) is 3.74. The van der Waals surface area contributed by atoms with Gasteiger partial charge in [-0.25, -0.2) is 0 Å². The van der Waals surface area contributed by atoms with E-state index in [0.717, 1.165) is 26.1 Å². The van der Waals surface area contributed by atoms with Crippen molar-refractivity contribution >= 4 is 0 Å². The normalized spacial score (nSPS) is 29.4. The predicted molar refractivity (Wildman–Crippen MR) is 59.7 cm³/mol. The summed E-state index contributed by atoms with van der Waals surface area (Å²) < 4.78 is 6.07. The van der Waals surface area contributed by atoms with Gasteiger partial charge in [-0.2, -0.15) is 0 Å². The lowest BCUT2D eigenvalue weighted by molar-refractivity contribution is -0.0536. The zero-order valence-electron chi connectivity index (χ0n) is 9.18. The second-order valence-electron chi connectivity index (χ2n) is 4.66. The molecule has 1 N–H and O–H groups in total. The fourth-order valence-corrected chi connectivity index (χ4v) is 2.84. The first-order valence-electron chi connectivity index (χ1n) is 5.75. The van der Waals surface area contributed by atoms with Crippen LogP contribution in [0.1, 0.15) is 29.5 Å². The van der Waals surface area contributed by atoms with Gasteiger partial charge in [0.15, 0.2) is 0 Å². The van der Waals surface area contributed by atoms with Gasteiger partial charge in [-0.15, -0.1) is 0 Å². The molecular weight excluding hydrogens is 186 g/mol. The molecular formula is C13H17NO. The number of ether oxygens (including phenoxy) is 1. The molecule has 2 aliphatic rings. The molecule has 1 unspecified atom stereocenters. The number of hydrogen-bond donors (Lipinski definition) is 1. The average Bonchev–Trinajstić information content (AvgIpc) is 2.61. The zero-order valence-corrected chi connectivity index (χ0v) is 9.18. The molecule has 0 amide bonds. The second kappa shape index (κ2) is 3.32. The maximum atomic E-state index is 6.07. The molecule has 0 aliphatic carbocycles. The SMILES string of the molecule is Cc1cccc2c1COC21CCCNC1. The van der Waals surface area contributed by atoms with E-state index in [-0.39, 0.29) is 5.60 Å². The molecule has 2 nitrogen and oxygen atoms in total. The van der Waals surface area contributed by atoms with Crippen LogP contribution in [-0.4, -0.2) is 13.1 Å². The number of nitrogens with one attached hydrogen (secondary N) is 1. The maximum absolute atomic E-state index is 6.07. The Balaban J connectivity index is 2.06. The number of rotatable bonds is 0. The van der Waals surface area contributed by atoms with Crippen molar-refractivity contribution in [2.45, 2.75) is 32.0 Å². The topological polar surface area (TPSA) is 21.3 Å². The minimum absolute atomic E-state index is 0.0143. The van der Waals surface area contributed by atoms with Crippen LogP contribution in [0, 0.1) is 6.92 Å². The Hall–Kier alpha value is -0.860. The van der Waals surface area contributed by atoms with Gasteiger partial charge in [-0.1, -0.05) is 18.2 Å². The lowest BCUT2D eigenvalue weighted by atomic mass is 9.85. The molecule has 15 heavy (non-hydrogen) atoms. The molecule has 1 spiro atoms. The Morgan fingerprint density at radius 2 is 2.33 bits per heavy atom. The summed E-state index contributed by atoms with van der Waals surface area (Å²) in [6, 6.07) is 6.57. The van der Waals surface area contributed by atoms with Crippen molar-refractivity contribution in [3.63, 3.8) is 0 Å². The van der Waals surface area contributed by atoms with Crippen molar-refractivity contribution in [2.75, 3.05) is 13.1 Å². The van der Waals surface area contributed by atoms with E-state index < -0.39 is 0 Å². The van der Waals surface area contributed by atoms with Crippen LogP contribution in [0.15, 0.2) is 18.2 Å². The molecule has 1 aromatic rings. The van der Waals surface area contributed by atoms with E-state index in [0.29, 0.717) is 0 Å². The number of hydrogen-bond acceptors (Lipinski definition) is 2. The molecule has 1 aromatic carbocycles. The Morgan fingerprint density at radius 1 is 1.40 bits per heavy atom. The van der Waals surface area contributed by atoms with Crippen LogP contribution in [0.3, 0.4) is 0 Å². The quantitative estimate of drug-likeness (QED) is 0.697. The molecule has 1 atom stereocenters. The summed E-state index contributed by atoms with van der Waals surface area (Å²) >= 11 is 0. The van der Waals surface area contributed by atoms with Crippen molar-refractivity contribution in [1.29, 1.82) is 0 Å². The molecule has 1 saturated heterocycles. The van der Waals surface area contributed by atoms with E-state index in [1.54, 1.807) is 0 Å². The van der Waals surface area contributed by atoms with Gasteiger partial charge in [0.05, 0.1) is 6.61 Å². The minimum atomic E-state index is -0.0143. The molecule has 0 aromatic heterocycles. The predicted octanol–water partition coefficient (Wildman–Crippen LogP) is 2.10. The molecule has 0 saturated carbocycles. The Kier molecular flexibility index (Phi) is 2.08. The van der Waals surface area contributed by atoms with Crippen LogP contribution in [0.5, 0.6) is 0 Å². The number of benzene rings is 1. The van der Waals surface area contributed by atoms with Crippen molar-refractivity contribution in [3.05, 3.63) is 34.9 Å². The number of aryl methyl sites for hydroxylation is 1. The highest BCUT2D eigenvalue weighted by Crippen LogP contribution is 2.41. The molecule has 0 bridgehead atoms. The summed E-state index contributed by atoms with van der Waals surface area (Å²) in [5, 5.41) is 3.45. The summed E-state index contributed by atoms with van der Waals surface area (Å²) in [5.41, 5.74) is 4.20. The Bertz CT molecular complexity index is 380. The fraction of sp³-hybridized carbons (Fsp3) is 0.538. The first-order valence-corrected chi connectivity index (χ1v) is 5.75. The van der Waals surface area contributed by atoms with Gasteiger partial charge in [-0.3, -0.25) is 0 Å². The third kappa shape index (κ3) is 1.32. The average molecular weight is 203 g/mol. The smallest absolute Gasteiger partial charge is 0.106 e. The van der Waals surface area contributed by atoms with Gasteiger partial charge in [-0.05, 0) is 43.0 Å². The van der Waals surface area contributed by atoms with Gasteiger partial charge >= 0.3 is 0 Å². The van der Waals surface area contributed by atoms with Crippen LogP contribution in [0.25, 0.3) is 0 Å². The summed E-state index contributed by atoms with van der Waals surface area (Å²) in [6.45, 7) is 5.08. The van der Waals surface area contributed by atoms with E-state index in [9.17, 15) is 0 Å². The molecule has 0 radical (unpaired) electrons. The monoisotopic (exact) mass is 203 g/mol. The number of piperidine rings is 1. The molecule has 80 valence electrons. The van der Waals surface area contributed by atoms with E-state index in [2.05, 4.69) is 30.4 Å². The first-order chi connectivity index (χ1) is 7.32. The third-order valence-corrected chi connectivity index (χ3v) is 3.74. The summed E-state index contributed by atoms with van der Waals surface area (Å²) in [5.74, 6) is 0. The highest BCUT2D eigenvalue weighted by atomic mass is 16.5. The van der Waals surface area contributed by atoms with Crippen LogP contribution < -0.4 is 5.32 Å². The van der Waals surface area contributed by atoms with Gasteiger partial charge in [0.25, 0.3) is 0 Å². The van der Waals surface area contributed by atoms with Gasteiger partial charge in [0.2, 0.25) is 0 Å². The van der Waals surface area contributed by atoms with Gasteiger partial charge in [0.1, 0.15) is 5.60 Å². The maximum Gasteiger partial charge on any atom is 0.106 e. The Morgan fingerprint density at radius 3 is 3.13 bits per heavy atom. The summed E-state index contributed by atoms with van der Waals surface area (Å²) in [6.07, 6.45) is 2.38. The molecule has 1 fully saturated rings. The highest BCUT2D eigenvalue weighted by Gasteiger charge is 2.41. The largest absolute Gasteiger partial charge is 0.364 e. The van der Waals surface area contributed by atoms with Crippen molar-refractivity contribution < 1.29 is 4.74 Å². The van der Waals surface area contributed by atoms with Crippen molar-refractivity contribution in [1.82, 2.24) is 5.32 Å². The molecule has 2 heterocycles. The minimum Gasteiger partial charge on any atom is -0.364 e. The molecule has 2 heteroatoms. The van der Waals surface area contributed by atoms with E-state index in [4.69, 9.17) is 4.74 Å². The summed E-state index contributed by atoms with van der Waals surface area (Å²) in [7, 11) is 0. The van der Waals surface area contributed by atoms with E-state index in [1.807, 2.05) is 0 Å². The van der Waals surface area contributed by atoms with Crippen LogP contribution >= 0.6 is 0 Å². The lowest BCUT2D eigenvalue weighted by Gasteiger charge is -2.34. The van der Waals surface area contributed by atoms with E-state index in [1.165, 1.54) is 23.1 Å². The zero-order chi connectivity index (χ0) is 10.3. The van der Waals surface area contributed by atoms with Crippen LogP contribution in [0.4, 0.5) is 0 Å². The number of fused-ring (bicyclic) bond motifs is 2. The van der Waals surface area contributed by atoms with Crippen LogP contribution in [-0.2, 0) is 16.9 Å². The van der Waals surface area contributed by atoms with Crippen molar-refractivity contribution in [3.8, 4) is 0 Å². The van der Waals surface area contributed by atoms with Crippen LogP contribution in [0.2, 0.25) is 0 Å². The Labute approximate surface area is 90.6 Å². The lowest BCUT2D eigenvalue weighted by Crippen LogP contribution is -2.43. The second-order valence-corrected chi connectivity index (χ2v) is 4.66. The van der Waals surface area contributed by atoms with E-state index >= 15 is 0 Å². The van der Waals surface area contributed by atoms with Gasteiger partial charge in [0, 0.05) is 6.54 Å². The molecule has 2 aliphatic heterocycles. The fourth-order valence-electron chi connectivity index (χ4n) is 2.84.